The zero-order valence-corrected chi connectivity index (χ0v) is 23.9. The summed E-state index contributed by atoms with van der Waals surface area (Å²) in [7, 11) is 2.06. The molecule has 8 nitrogen and oxygen atoms in total. The molecule has 0 radical (unpaired) electrons. The van der Waals surface area contributed by atoms with Crippen molar-refractivity contribution in [2.24, 2.45) is 0 Å². The van der Waals surface area contributed by atoms with E-state index in [1.54, 1.807) is 23.7 Å². The van der Waals surface area contributed by atoms with Gasteiger partial charge in [0, 0.05) is 59.1 Å². The minimum Gasteiger partial charge on any atom is -0.341 e. The third-order valence-electron chi connectivity index (χ3n) is 7.58. The highest BCUT2D eigenvalue weighted by atomic mass is 32.1. The molecule has 1 aromatic carbocycles. The molecule has 0 bridgehead atoms. The topological polar surface area (TPSA) is 79.2 Å². The number of thiophene rings is 1. The largest absolute Gasteiger partial charge is 0.341 e. The third kappa shape index (κ3) is 5.35. The molecule has 0 saturated carbocycles. The number of fused-ring (bicyclic) bond motifs is 4. The van der Waals surface area contributed by atoms with Crippen LogP contribution < -0.4 is 5.32 Å². The highest BCUT2D eigenvalue weighted by molar-refractivity contribution is 7.19. The van der Waals surface area contributed by atoms with Crippen LogP contribution in [0.1, 0.15) is 30.0 Å². The monoisotopic (exact) mass is 551 g/mol. The summed E-state index contributed by atoms with van der Waals surface area (Å²) in [5.74, 6) is 0.874. The number of carbonyl (C=O) groups excluding carboxylic acids is 1. The number of hydrogen-bond donors (Lipinski definition) is 1. The van der Waals surface area contributed by atoms with Crippen LogP contribution in [0.3, 0.4) is 0 Å². The lowest BCUT2D eigenvalue weighted by atomic mass is 10.0. The molecule has 0 fully saturated rings. The van der Waals surface area contributed by atoms with Crippen LogP contribution in [0.25, 0.3) is 21.1 Å². The number of nitrogens with zero attached hydrogens (tertiary/aromatic N) is 6. The second-order valence-electron chi connectivity index (χ2n) is 10.5. The highest BCUT2D eigenvalue weighted by Gasteiger charge is 2.25. The number of rotatable bonds is 8. The highest BCUT2D eigenvalue weighted by Crippen LogP contribution is 2.38. The Kier molecular flexibility index (Phi) is 7.32. The maximum atomic E-state index is 12.9. The molecule has 0 atom stereocenters. The van der Waals surface area contributed by atoms with Gasteiger partial charge in [0.25, 0.3) is 0 Å². The van der Waals surface area contributed by atoms with E-state index in [1.165, 1.54) is 10.4 Å². The molecule has 1 aliphatic rings. The summed E-state index contributed by atoms with van der Waals surface area (Å²) in [6.45, 7) is 7.08. The van der Waals surface area contributed by atoms with E-state index in [0.29, 0.717) is 19.1 Å². The Hall–Kier alpha value is -4.08. The second-order valence-corrected chi connectivity index (χ2v) is 11.6. The molecule has 0 spiro atoms. The van der Waals surface area contributed by atoms with Gasteiger partial charge in [0.1, 0.15) is 17.0 Å². The van der Waals surface area contributed by atoms with E-state index in [0.717, 1.165) is 57.8 Å². The Morgan fingerprint density at radius 2 is 2.08 bits per heavy atom. The number of carbonyl (C=O) groups is 1. The maximum absolute atomic E-state index is 12.9. The summed E-state index contributed by atoms with van der Waals surface area (Å²) in [5, 5.41) is 5.77. The number of aromatic nitrogens is 4. The lowest BCUT2D eigenvalue weighted by Gasteiger charge is -2.26. The number of anilines is 2. The molecule has 1 N–H and O–H groups in total. The number of nitrogens with one attached hydrogen (secondary N) is 1. The van der Waals surface area contributed by atoms with E-state index < -0.39 is 0 Å². The zero-order chi connectivity index (χ0) is 27.6. The average molecular weight is 552 g/mol. The van der Waals surface area contributed by atoms with Crippen molar-refractivity contribution in [2.45, 2.75) is 39.4 Å². The molecule has 1 amide bonds. The van der Waals surface area contributed by atoms with Gasteiger partial charge in [0.2, 0.25) is 5.91 Å². The van der Waals surface area contributed by atoms with Crippen LogP contribution in [0.2, 0.25) is 0 Å². The molecule has 0 unspecified atom stereocenters. The van der Waals surface area contributed by atoms with E-state index in [-0.39, 0.29) is 5.91 Å². The first-order chi connectivity index (χ1) is 19.5. The Labute approximate surface area is 238 Å². The predicted octanol–water partition coefficient (Wildman–Crippen LogP) is 5.61. The quantitative estimate of drug-likeness (QED) is 0.253. The molecule has 204 valence electrons. The molecule has 4 aromatic heterocycles. The molecule has 9 heteroatoms. The Morgan fingerprint density at radius 1 is 1.18 bits per heavy atom. The van der Waals surface area contributed by atoms with Gasteiger partial charge in [-0.25, -0.2) is 9.97 Å². The van der Waals surface area contributed by atoms with Crippen molar-refractivity contribution in [3.8, 4) is 0 Å². The van der Waals surface area contributed by atoms with E-state index >= 15 is 0 Å². The Bertz CT molecular complexity index is 1690. The number of benzene rings is 1. The van der Waals surface area contributed by atoms with Crippen molar-refractivity contribution >= 4 is 49.9 Å². The van der Waals surface area contributed by atoms with Gasteiger partial charge in [-0.3, -0.25) is 9.78 Å². The fourth-order valence-corrected chi connectivity index (χ4v) is 6.27. The molecule has 1 aliphatic heterocycles. The normalized spacial score (nSPS) is 13.7. The number of hydrogen-bond acceptors (Lipinski definition) is 7. The maximum Gasteiger partial charge on any atom is 0.246 e. The standard InChI is InChI=1S/C31H33N7OS/c1-21(2)36(3)14-6-8-28(39)38-16-12-25-27(19-38)40-31-29(25)30(33-20-34-31)35-23-9-10-26-22(17-23)11-15-37(26)18-24-7-4-5-13-32-24/h4-11,13,15,17,20-21H,12,14,16,18-19H2,1-3H3,(H,33,34,35). The molecule has 6 rings (SSSR count). The second kappa shape index (κ2) is 11.2. The Balaban J connectivity index is 1.20. The molecular weight excluding hydrogens is 518 g/mol. The van der Waals surface area contributed by atoms with Crippen molar-refractivity contribution in [1.29, 1.82) is 0 Å². The minimum atomic E-state index is 0.0629. The summed E-state index contributed by atoms with van der Waals surface area (Å²) in [6.07, 6.45) is 10.0. The number of amides is 1. The molecule has 5 heterocycles. The number of likely N-dealkylation sites (N-methyl/N-ethyl adjacent to an activating group) is 1. The SMILES string of the molecule is CC(C)N(C)CC=CC(=O)N1CCc2c(sc3ncnc(Nc4ccc5c(ccn5Cc5ccccn5)c4)c23)C1. The summed E-state index contributed by atoms with van der Waals surface area (Å²) in [6, 6.07) is 15.0. The molecule has 0 saturated heterocycles. The van der Waals surface area contributed by atoms with Gasteiger partial charge >= 0.3 is 0 Å². The van der Waals surface area contributed by atoms with Gasteiger partial charge in [0.05, 0.1) is 24.2 Å². The summed E-state index contributed by atoms with van der Waals surface area (Å²) in [4.78, 5) is 32.8. The van der Waals surface area contributed by atoms with Crippen LogP contribution in [-0.2, 0) is 24.3 Å². The minimum absolute atomic E-state index is 0.0629. The zero-order valence-electron chi connectivity index (χ0n) is 23.0. The van der Waals surface area contributed by atoms with Crippen molar-refractivity contribution < 1.29 is 4.79 Å². The third-order valence-corrected chi connectivity index (χ3v) is 8.70. The van der Waals surface area contributed by atoms with Gasteiger partial charge in [-0.1, -0.05) is 12.1 Å². The van der Waals surface area contributed by atoms with Crippen molar-refractivity contribution in [1.82, 2.24) is 29.3 Å². The van der Waals surface area contributed by atoms with Gasteiger partial charge in [-0.05, 0) is 69.3 Å². The smallest absolute Gasteiger partial charge is 0.246 e. The first-order valence-electron chi connectivity index (χ1n) is 13.6. The molecule has 0 aliphatic carbocycles. The van der Waals surface area contributed by atoms with Crippen LogP contribution in [-0.4, -0.2) is 61.4 Å². The first kappa shape index (κ1) is 26.2. The van der Waals surface area contributed by atoms with Crippen molar-refractivity contribution in [2.75, 3.05) is 25.5 Å². The molecule has 5 aromatic rings. The average Bonchev–Trinajstić information content (AvgIpc) is 3.54. The number of pyridine rings is 1. The van der Waals surface area contributed by atoms with E-state index in [4.69, 9.17) is 0 Å². The fraction of sp³-hybridized carbons (Fsp3) is 0.290. The van der Waals surface area contributed by atoms with Gasteiger partial charge in [-0.2, -0.15) is 0 Å². The van der Waals surface area contributed by atoms with E-state index in [9.17, 15) is 4.79 Å². The molecular formula is C31H33N7OS. The lowest BCUT2D eigenvalue weighted by molar-refractivity contribution is -0.126. The van der Waals surface area contributed by atoms with Gasteiger partial charge in [-0.15, -0.1) is 11.3 Å². The van der Waals surface area contributed by atoms with E-state index in [2.05, 4.69) is 81.1 Å². The summed E-state index contributed by atoms with van der Waals surface area (Å²) >= 11 is 1.66. The lowest BCUT2D eigenvalue weighted by Crippen LogP contribution is -2.34. The van der Waals surface area contributed by atoms with Crippen LogP contribution in [0.5, 0.6) is 0 Å². The Morgan fingerprint density at radius 3 is 2.90 bits per heavy atom. The predicted molar refractivity (Wildman–Crippen MR) is 162 cm³/mol. The fourth-order valence-electron chi connectivity index (χ4n) is 5.07. The van der Waals surface area contributed by atoms with Crippen molar-refractivity contribution in [3.05, 3.63) is 89.5 Å². The van der Waals surface area contributed by atoms with E-state index in [1.807, 2.05) is 35.4 Å². The first-order valence-corrected chi connectivity index (χ1v) is 14.4. The van der Waals surface area contributed by atoms with Gasteiger partial charge in [0.15, 0.2) is 0 Å². The molecule has 40 heavy (non-hydrogen) atoms. The van der Waals surface area contributed by atoms with Gasteiger partial charge < -0.3 is 19.7 Å². The van der Waals surface area contributed by atoms with Crippen LogP contribution in [0.15, 0.2) is 73.3 Å². The van der Waals surface area contributed by atoms with Crippen LogP contribution in [0, 0.1) is 0 Å². The summed E-state index contributed by atoms with van der Waals surface area (Å²) in [5.41, 5.74) is 4.42. The summed E-state index contributed by atoms with van der Waals surface area (Å²) < 4.78 is 2.21. The van der Waals surface area contributed by atoms with Crippen LogP contribution in [0.4, 0.5) is 11.5 Å². The van der Waals surface area contributed by atoms with Crippen molar-refractivity contribution in [3.63, 3.8) is 0 Å². The van der Waals surface area contributed by atoms with Crippen LogP contribution >= 0.6 is 11.3 Å².